The predicted molar refractivity (Wildman–Crippen MR) is 457 cm³/mol. The number of halogens is 13. The van der Waals surface area contributed by atoms with Crippen molar-refractivity contribution in [3.8, 4) is 23.0 Å². The standard InChI is InChI=1S/C20H19ClF2O5S2.C13H13ClF2O.2C13H14F2O.2C6H5Cl.C6H12.C6H6.C5H13NS.C2H6.ClH.H2O/c21-14-1-3-15(4-2-14)30(26,27)20-8-7-12(11-29(24)25)9-13(20)10-28-19-17(23)6-5-16(22)18(19)20;14-9-5-10(15)13-11(12(9)16)8-4-2-1-3-7(8)6-17-13;2*14-10-5-6-11(15)13-12(10)9-4-2-1-3-8(9)7-16-13;2*7-6-4-2-1-3-5-6;2*1-2-4-6-5-3-1;1-2-3-4-5-6-7;1-2;;/h1-6,12-13H,7-11H2,(H,24,25);5,7-8H,1-4,6H2;2*5-6,8-9H,1-4,7H2;2*1-5H;1-6H2;1-6H;6-7H,2-5H2,1H3;1-2H3;1H;1H2/p-1/t12-,13-,20+;;;;;;;;;;;/m1.........../s1. The fourth-order valence-electron chi connectivity index (χ4n) is 16.6. The van der Waals surface area contributed by atoms with Gasteiger partial charge in [0.05, 0.1) is 41.9 Å². The van der Waals surface area contributed by atoms with Gasteiger partial charge in [0.25, 0.3) is 0 Å². The second kappa shape index (κ2) is 51.1. The highest BCUT2D eigenvalue weighted by Gasteiger charge is 2.60. The van der Waals surface area contributed by atoms with E-state index < -0.39 is 72.2 Å². The second-order valence-electron chi connectivity index (χ2n) is 29.5. The van der Waals surface area contributed by atoms with Crippen LogP contribution in [0.15, 0.2) is 169 Å². The summed E-state index contributed by atoms with van der Waals surface area (Å²) in [6, 6.07) is 44.0. The van der Waals surface area contributed by atoms with E-state index in [-0.39, 0.29) is 118 Å². The number of thiol groups is 1. The van der Waals surface area contributed by atoms with E-state index in [1.807, 2.05) is 111 Å². The lowest BCUT2D eigenvalue weighted by molar-refractivity contribution is 0.103. The molecule has 4 aliphatic heterocycles. The van der Waals surface area contributed by atoms with Gasteiger partial charge in [-0.15, -0.1) is 12.4 Å². The third-order valence-electron chi connectivity index (χ3n) is 22.1. The first kappa shape index (κ1) is 99.0. The van der Waals surface area contributed by atoms with E-state index >= 15 is 4.39 Å². The summed E-state index contributed by atoms with van der Waals surface area (Å²) in [5.41, 5.74) is 1.02. The normalized spacial score (nSPS) is 21.9. The zero-order chi connectivity index (χ0) is 82.2. The zero-order valence-electron chi connectivity index (χ0n) is 65.9. The van der Waals surface area contributed by atoms with Crippen LogP contribution in [0.3, 0.4) is 0 Å². The van der Waals surface area contributed by atoms with E-state index in [1.54, 1.807) is 0 Å². The van der Waals surface area contributed by atoms with Crippen molar-refractivity contribution in [3.63, 3.8) is 0 Å². The average Bonchev–Trinajstić information content (AvgIpc) is 0.698. The largest absolute Gasteiger partial charge is 0.772 e. The topological polar surface area (TPSA) is 155 Å². The van der Waals surface area contributed by atoms with Gasteiger partial charge >= 0.3 is 0 Å². The first-order chi connectivity index (χ1) is 55.1. The summed E-state index contributed by atoms with van der Waals surface area (Å²) in [6.07, 6.45) is 26.0. The van der Waals surface area contributed by atoms with Crippen LogP contribution in [-0.2, 0) is 25.7 Å². The third kappa shape index (κ3) is 27.3. The highest BCUT2D eigenvalue weighted by Crippen LogP contribution is 2.58. The van der Waals surface area contributed by atoms with E-state index in [1.165, 1.54) is 107 Å². The number of fused-ring (bicyclic) bond motifs is 12. The van der Waals surface area contributed by atoms with Crippen LogP contribution in [0.25, 0.3) is 0 Å². The molecule has 5 fully saturated rings. The Morgan fingerprint density at radius 2 is 0.845 bits per heavy atom. The molecular weight excluding hydrogens is 1660 g/mol. The van der Waals surface area contributed by atoms with Crippen LogP contribution < -0.4 is 23.7 Å². The van der Waals surface area contributed by atoms with Crippen LogP contribution in [0.1, 0.15) is 215 Å². The van der Waals surface area contributed by atoms with Crippen LogP contribution in [-0.4, -0.2) is 61.4 Å². The summed E-state index contributed by atoms with van der Waals surface area (Å²) < 4.78 is 185. The van der Waals surface area contributed by atoms with Gasteiger partial charge in [0.2, 0.25) is 0 Å². The van der Waals surface area contributed by atoms with Crippen LogP contribution in [0.4, 0.5) is 35.1 Å². The Morgan fingerprint density at radius 1 is 0.474 bits per heavy atom. The molecule has 7 unspecified atom stereocenters. The lowest BCUT2D eigenvalue weighted by Crippen LogP contribution is -2.52. The molecule has 638 valence electrons. The number of hydrogen-bond donors (Lipinski definition) is 2. The van der Waals surface area contributed by atoms with Crippen LogP contribution >= 0.6 is 71.6 Å². The van der Waals surface area contributed by atoms with E-state index in [0.717, 1.165) is 111 Å². The Kier molecular flexibility index (Phi) is 43.6. The van der Waals surface area contributed by atoms with Gasteiger partial charge in [-0.1, -0.05) is 254 Å². The fraction of sp³-hybridized carbons (Fsp3) is 0.467. The average molecular weight is 1770 g/mol. The molecule has 116 heavy (non-hydrogen) atoms. The number of benzene rings is 8. The van der Waals surface area contributed by atoms with Gasteiger partial charge in [-0.25, -0.2) is 43.5 Å². The molecule has 5 saturated carbocycles. The van der Waals surface area contributed by atoms with Crippen LogP contribution in [0.2, 0.25) is 20.1 Å². The lowest BCUT2D eigenvalue weighted by atomic mass is 9.69. The lowest BCUT2D eigenvalue weighted by Gasteiger charge is -2.49. The van der Waals surface area contributed by atoms with Gasteiger partial charge in [-0.05, 0) is 179 Å². The highest BCUT2D eigenvalue weighted by molar-refractivity contribution is 7.92. The van der Waals surface area contributed by atoms with Gasteiger partial charge in [-0.3, -0.25) is 8.93 Å². The Balaban J connectivity index is 0.000000214. The van der Waals surface area contributed by atoms with Gasteiger partial charge in [0, 0.05) is 67.7 Å². The molecule has 17 rings (SSSR count). The summed E-state index contributed by atoms with van der Waals surface area (Å²) in [5, 5.41) is 1.79. The summed E-state index contributed by atoms with van der Waals surface area (Å²) >= 11 is 24.2. The van der Waals surface area contributed by atoms with Crippen molar-refractivity contribution in [3.05, 3.63) is 253 Å². The van der Waals surface area contributed by atoms with Gasteiger partial charge in [0.15, 0.2) is 56.1 Å². The molecule has 0 bridgehead atoms. The molecule has 0 amide bonds. The third-order valence-corrected chi connectivity index (χ3v) is 26.7. The fourth-order valence-corrected chi connectivity index (χ4v) is 20.4. The number of sulfone groups is 1. The SMILES string of the molecule is C1CCCCC1.CC.CCCCCNS.Cl.Clc1ccccc1.Clc1ccccc1.Fc1cc(Cl)c(F)c2c1OCC1CCCCC21.Fc1ccc(F)c2c1OCC1CCCCC21.Fc1ccc(F)c2c1OCC1CCCCC21.O.O=S([O-])C[C@@H]1CC[C@@]2(S(=O)(=O)c3ccc(Cl)cc3)c3c(F)ccc(F)c3OC[C@H]2C1.c1ccccc1. The number of nitrogens with one attached hydrogen (secondary N) is 1. The molecule has 8 aromatic rings. The van der Waals surface area contributed by atoms with Gasteiger partial charge in [0.1, 0.15) is 28.0 Å². The maximum absolute atomic E-state index is 15.1. The number of ether oxygens (including phenoxy) is 4. The van der Waals surface area contributed by atoms with Crippen molar-refractivity contribution in [1.29, 1.82) is 0 Å². The smallest absolute Gasteiger partial charge is 0.188 e. The first-order valence-corrected chi connectivity index (χ1v) is 44.7. The van der Waals surface area contributed by atoms with Crippen molar-refractivity contribution >= 4 is 92.5 Å². The molecule has 0 radical (unpaired) electrons. The summed E-state index contributed by atoms with van der Waals surface area (Å²) in [7, 11) is -4.20. The van der Waals surface area contributed by atoms with Crippen molar-refractivity contribution < 1.29 is 76.7 Å². The molecule has 4 heterocycles. The van der Waals surface area contributed by atoms with Crippen molar-refractivity contribution in [2.75, 3.05) is 38.7 Å². The first-order valence-electron chi connectivity index (χ1n) is 40.1. The molecule has 8 aromatic carbocycles. The minimum atomic E-state index is -4.20. The van der Waals surface area contributed by atoms with Crippen molar-refractivity contribution in [2.24, 2.45) is 29.6 Å². The molecule has 10 atom stereocenters. The molecule has 9 aliphatic rings. The summed E-state index contributed by atoms with van der Waals surface area (Å²) in [6.45, 7) is 8.66. The molecule has 0 saturated heterocycles. The van der Waals surface area contributed by atoms with Crippen LogP contribution in [0.5, 0.6) is 23.0 Å². The van der Waals surface area contributed by atoms with Crippen molar-refractivity contribution in [1.82, 2.24) is 4.72 Å². The highest BCUT2D eigenvalue weighted by atomic mass is 35.5. The molecule has 10 nitrogen and oxygen atoms in total. The van der Waals surface area contributed by atoms with E-state index in [0.29, 0.717) is 59.3 Å². The number of hydrogen-bond acceptors (Lipinski definition) is 10. The number of rotatable bonds is 8. The Morgan fingerprint density at radius 3 is 1.25 bits per heavy atom. The summed E-state index contributed by atoms with van der Waals surface area (Å²) in [5.74, 6) is -3.93. The Hall–Kier alpha value is -5.82. The van der Waals surface area contributed by atoms with E-state index in [2.05, 4.69) is 24.5 Å². The maximum Gasteiger partial charge on any atom is 0.188 e. The maximum atomic E-state index is 15.1. The van der Waals surface area contributed by atoms with Crippen molar-refractivity contribution in [2.45, 2.75) is 202 Å². The van der Waals surface area contributed by atoms with Gasteiger partial charge < -0.3 is 29.0 Å². The van der Waals surface area contributed by atoms with Gasteiger partial charge in [-0.2, -0.15) is 0 Å². The molecule has 3 N–H and O–H groups in total. The molecular formula is C90H109Cl5F8NO9S3-. The minimum absolute atomic E-state index is 0. The summed E-state index contributed by atoms with van der Waals surface area (Å²) in [4.78, 5) is -0.0562. The minimum Gasteiger partial charge on any atom is -0.772 e. The van der Waals surface area contributed by atoms with E-state index in [4.69, 9.17) is 65.4 Å². The Bertz CT molecular complexity index is 4210. The molecule has 0 aromatic heterocycles. The Labute approximate surface area is 715 Å². The molecule has 26 heteroatoms. The molecule has 0 spiro atoms. The van der Waals surface area contributed by atoms with E-state index in [9.17, 15) is 47.9 Å². The quantitative estimate of drug-likeness (QED) is 0.0497. The number of unbranched alkanes of at least 4 members (excludes halogenated alkanes) is 2. The predicted octanol–water partition coefficient (Wildman–Crippen LogP) is 26.5. The molecule has 5 aliphatic carbocycles. The second-order valence-corrected chi connectivity index (χ2v) is 34.7. The monoisotopic (exact) mass is 1770 g/mol. The zero-order valence-corrected chi connectivity index (χ0v) is 72.3. The van der Waals surface area contributed by atoms with Crippen LogP contribution in [0, 0.1) is 76.1 Å².